The molecule has 27 heavy (non-hydrogen) atoms. The van der Waals surface area contributed by atoms with E-state index in [1.807, 2.05) is 0 Å². The van der Waals surface area contributed by atoms with Crippen molar-refractivity contribution in [3.63, 3.8) is 0 Å². The van der Waals surface area contributed by atoms with Gasteiger partial charge in [0.1, 0.15) is 0 Å². The predicted molar refractivity (Wildman–Crippen MR) is 91.7 cm³/mol. The van der Waals surface area contributed by atoms with Gasteiger partial charge < -0.3 is 0 Å². The summed E-state index contributed by atoms with van der Waals surface area (Å²) in [5, 5.41) is 13.0. The van der Waals surface area contributed by atoms with Crippen LogP contribution in [0, 0.1) is 10.1 Å². The van der Waals surface area contributed by atoms with Gasteiger partial charge in [-0.1, -0.05) is 30.3 Å². The van der Waals surface area contributed by atoms with Crippen molar-refractivity contribution in [2.75, 3.05) is 0 Å². The molecule has 0 radical (unpaired) electrons. The summed E-state index contributed by atoms with van der Waals surface area (Å²) in [6.45, 7) is -0.199. The van der Waals surface area contributed by atoms with E-state index in [2.05, 4.69) is 5.32 Å². The standard InChI is InChI=1S/C17H13N3O6S/c21-15-9-17(16(22)18-15)13-3-1-2-4-14(13)27(25,26)19(17)10-11-5-7-12(8-6-11)20(23)24/h1-8H,9-10H2,(H,18,21,22). The molecule has 10 heteroatoms. The maximum absolute atomic E-state index is 13.1. The molecule has 1 N–H and O–H groups in total. The number of nitro groups is 1. The van der Waals surface area contributed by atoms with Crippen LogP contribution in [-0.4, -0.2) is 29.5 Å². The average Bonchev–Trinajstić information content (AvgIpc) is 3.03. The Hall–Kier alpha value is -3.11. The van der Waals surface area contributed by atoms with Crippen LogP contribution in [0.25, 0.3) is 0 Å². The molecule has 0 bridgehead atoms. The molecular formula is C17H13N3O6S. The molecule has 4 rings (SSSR count). The van der Waals surface area contributed by atoms with Crippen LogP contribution in [0.15, 0.2) is 53.4 Å². The molecule has 1 unspecified atom stereocenters. The number of fused-ring (bicyclic) bond motifs is 2. The number of amides is 2. The summed E-state index contributed by atoms with van der Waals surface area (Å²) in [4.78, 5) is 34.8. The van der Waals surface area contributed by atoms with Crippen molar-refractivity contribution in [3.05, 3.63) is 69.8 Å². The Morgan fingerprint density at radius 2 is 1.78 bits per heavy atom. The van der Waals surface area contributed by atoms with Crippen molar-refractivity contribution in [1.82, 2.24) is 9.62 Å². The zero-order valence-electron chi connectivity index (χ0n) is 13.8. The van der Waals surface area contributed by atoms with Crippen molar-refractivity contribution >= 4 is 27.5 Å². The van der Waals surface area contributed by atoms with Gasteiger partial charge in [0.25, 0.3) is 11.6 Å². The largest absolute Gasteiger partial charge is 0.294 e. The number of hydrogen-bond acceptors (Lipinski definition) is 6. The molecule has 0 saturated carbocycles. The molecule has 1 atom stereocenters. The van der Waals surface area contributed by atoms with Gasteiger partial charge in [-0.15, -0.1) is 0 Å². The Morgan fingerprint density at radius 1 is 1.11 bits per heavy atom. The van der Waals surface area contributed by atoms with Crippen LogP contribution in [-0.2, 0) is 31.7 Å². The van der Waals surface area contributed by atoms with Crippen LogP contribution < -0.4 is 5.32 Å². The number of rotatable bonds is 3. The van der Waals surface area contributed by atoms with Crippen LogP contribution in [0.3, 0.4) is 0 Å². The van der Waals surface area contributed by atoms with E-state index >= 15 is 0 Å². The number of sulfonamides is 1. The first-order valence-electron chi connectivity index (χ1n) is 7.97. The number of benzene rings is 2. The fourth-order valence-electron chi connectivity index (χ4n) is 3.61. The SMILES string of the molecule is O=C1CC2(C(=O)N1)c1ccccc1S(=O)(=O)N2Cc1ccc([N+](=O)[O-])cc1. The van der Waals surface area contributed by atoms with Crippen molar-refractivity contribution in [2.24, 2.45) is 0 Å². The highest BCUT2D eigenvalue weighted by atomic mass is 32.2. The highest BCUT2D eigenvalue weighted by Gasteiger charge is 2.62. The van der Waals surface area contributed by atoms with E-state index in [4.69, 9.17) is 0 Å². The Kier molecular flexibility index (Phi) is 3.65. The van der Waals surface area contributed by atoms with Crippen LogP contribution >= 0.6 is 0 Å². The van der Waals surface area contributed by atoms with Gasteiger partial charge in [0.15, 0.2) is 5.54 Å². The van der Waals surface area contributed by atoms with Gasteiger partial charge in [-0.3, -0.25) is 25.0 Å². The van der Waals surface area contributed by atoms with Crippen molar-refractivity contribution < 1.29 is 22.9 Å². The molecule has 1 fully saturated rings. The first kappa shape index (κ1) is 17.3. The van der Waals surface area contributed by atoms with Gasteiger partial charge in [0, 0.05) is 24.2 Å². The summed E-state index contributed by atoms with van der Waals surface area (Å²) in [5.74, 6) is -1.25. The summed E-state index contributed by atoms with van der Waals surface area (Å²) in [6.07, 6.45) is -0.310. The molecule has 2 aromatic carbocycles. The molecule has 0 aromatic heterocycles. The van der Waals surface area contributed by atoms with Gasteiger partial charge in [0.2, 0.25) is 15.9 Å². The molecule has 2 aliphatic heterocycles. The lowest BCUT2D eigenvalue weighted by Crippen LogP contribution is -2.48. The Balaban J connectivity index is 1.84. The van der Waals surface area contributed by atoms with Gasteiger partial charge in [-0.2, -0.15) is 4.31 Å². The van der Waals surface area contributed by atoms with Crippen LogP contribution in [0.5, 0.6) is 0 Å². The van der Waals surface area contributed by atoms with E-state index in [9.17, 15) is 28.1 Å². The minimum atomic E-state index is -4.03. The molecule has 1 saturated heterocycles. The molecule has 0 aliphatic carbocycles. The van der Waals surface area contributed by atoms with E-state index in [1.165, 1.54) is 36.4 Å². The second kappa shape index (κ2) is 5.69. The van der Waals surface area contributed by atoms with E-state index in [-0.39, 0.29) is 29.1 Å². The topological polar surface area (TPSA) is 127 Å². The molecule has 2 amide bonds. The minimum absolute atomic E-state index is 0.0169. The lowest BCUT2D eigenvalue weighted by molar-refractivity contribution is -0.384. The maximum Gasteiger partial charge on any atom is 0.269 e. The predicted octanol–water partition coefficient (Wildman–Crippen LogP) is 1.04. The highest BCUT2D eigenvalue weighted by Crippen LogP contribution is 2.49. The molecule has 2 aliphatic rings. The number of imide groups is 1. The molecule has 2 heterocycles. The fourth-order valence-corrected chi connectivity index (χ4v) is 5.58. The average molecular weight is 387 g/mol. The summed E-state index contributed by atoms with van der Waals surface area (Å²) in [5.41, 5.74) is -1.05. The molecule has 138 valence electrons. The number of nitrogens with zero attached hydrogens (tertiary/aromatic N) is 2. The van der Waals surface area contributed by atoms with E-state index in [0.29, 0.717) is 5.56 Å². The van der Waals surface area contributed by atoms with Gasteiger partial charge >= 0.3 is 0 Å². The molecule has 1 spiro atoms. The summed E-state index contributed by atoms with van der Waals surface area (Å²) >= 11 is 0. The third kappa shape index (κ3) is 2.37. The third-order valence-corrected chi connectivity index (χ3v) is 6.78. The molecule has 9 nitrogen and oxygen atoms in total. The quantitative estimate of drug-likeness (QED) is 0.476. The lowest BCUT2D eigenvalue weighted by atomic mass is 9.87. The lowest BCUT2D eigenvalue weighted by Gasteiger charge is -2.30. The smallest absolute Gasteiger partial charge is 0.269 e. The van der Waals surface area contributed by atoms with Crippen LogP contribution in [0.2, 0.25) is 0 Å². The number of nitrogens with one attached hydrogen (secondary N) is 1. The monoisotopic (exact) mass is 387 g/mol. The van der Waals surface area contributed by atoms with E-state index < -0.39 is 32.3 Å². The molecule has 2 aromatic rings. The second-order valence-corrected chi connectivity index (χ2v) is 8.18. The van der Waals surface area contributed by atoms with Crippen LogP contribution in [0.4, 0.5) is 5.69 Å². The Morgan fingerprint density at radius 3 is 2.37 bits per heavy atom. The Bertz CT molecular complexity index is 1100. The van der Waals surface area contributed by atoms with Crippen molar-refractivity contribution in [3.8, 4) is 0 Å². The summed E-state index contributed by atoms with van der Waals surface area (Å²) < 4.78 is 27.2. The summed E-state index contributed by atoms with van der Waals surface area (Å²) in [7, 11) is -4.03. The van der Waals surface area contributed by atoms with E-state index in [0.717, 1.165) is 4.31 Å². The maximum atomic E-state index is 13.1. The molecular weight excluding hydrogens is 374 g/mol. The zero-order chi connectivity index (χ0) is 19.4. The first-order chi connectivity index (χ1) is 12.8. The number of nitro benzene ring substituents is 1. The van der Waals surface area contributed by atoms with Crippen LogP contribution in [0.1, 0.15) is 17.5 Å². The summed E-state index contributed by atoms with van der Waals surface area (Å²) in [6, 6.07) is 11.5. The fraction of sp³-hybridized carbons (Fsp3) is 0.176. The van der Waals surface area contributed by atoms with Gasteiger partial charge in [0.05, 0.1) is 16.2 Å². The number of carbonyl (C=O) groups is 2. The number of carbonyl (C=O) groups excluding carboxylic acids is 2. The highest BCUT2D eigenvalue weighted by molar-refractivity contribution is 7.89. The first-order valence-corrected chi connectivity index (χ1v) is 9.41. The normalized spacial score (nSPS) is 23.4. The number of non-ortho nitro benzene ring substituents is 1. The van der Waals surface area contributed by atoms with Crippen molar-refractivity contribution in [1.29, 1.82) is 0 Å². The minimum Gasteiger partial charge on any atom is -0.294 e. The Labute approximate surface area is 153 Å². The van der Waals surface area contributed by atoms with E-state index in [1.54, 1.807) is 12.1 Å². The number of hydrogen-bond donors (Lipinski definition) is 1. The van der Waals surface area contributed by atoms with Gasteiger partial charge in [-0.05, 0) is 11.6 Å². The second-order valence-electron chi connectivity index (χ2n) is 6.35. The third-order valence-electron chi connectivity index (χ3n) is 4.84. The zero-order valence-corrected chi connectivity index (χ0v) is 14.6. The van der Waals surface area contributed by atoms with Gasteiger partial charge in [-0.25, -0.2) is 8.42 Å². The van der Waals surface area contributed by atoms with Crippen molar-refractivity contribution in [2.45, 2.75) is 23.4 Å².